The highest BCUT2D eigenvalue weighted by Gasteiger charge is 2.12. The van der Waals surface area contributed by atoms with E-state index < -0.39 is 5.97 Å². The van der Waals surface area contributed by atoms with Crippen molar-refractivity contribution in [2.45, 2.75) is 26.4 Å². The molecule has 0 amide bonds. The molecule has 3 rings (SSSR count). The third-order valence-electron chi connectivity index (χ3n) is 4.16. The maximum atomic E-state index is 11.9. The van der Waals surface area contributed by atoms with Crippen LogP contribution in [0.25, 0.3) is 11.3 Å². The second-order valence-electron chi connectivity index (χ2n) is 6.54. The van der Waals surface area contributed by atoms with Crippen molar-refractivity contribution in [3.05, 3.63) is 76.0 Å². The molecule has 3 aromatic rings. The first-order valence-electron chi connectivity index (χ1n) is 8.85. The number of carbonyl (C=O) groups excluding carboxylic acids is 1. The smallest absolute Gasteiger partial charge is 0.344 e. The van der Waals surface area contributed by atoms with Crippen molar-refractivity contribution in [2.24, 2.45) is 0 Å². The van der Waals surface area contributed by atoms with Gasteiger partial charge in [0.15, 0.2) is 6.61 Å². The van der Waals surface area contributed by atoms with Crippen LogP contribution in [0.4, 0.5) is 0 Å². The first-order valence-corrected chi connectivity index (χ1v) is 9.61. The van der Waals surface area contributed by atoms with Crippen LogP contribution >= 0.6 is 23.2 Å². The van der Waals surface area contributed by atoms with E-state index in [-0.39, 0.29) is 13.2 Å². The number of furan rings is 1. The lowest BCUT2D eigenvalue weighted by atomic mass is 10.0. The number of halogens is 2. The van der Waals surface area contributed by atoms with Crippen LogP contribution in [0.3, 0.4) is 0 Å². The second-order valence-corrected chi connectivity index (χ2v) is 7.33. The van der Waals surface area contributed by atoms with E-state index >= 15 is 0 Å². The molecule has 0 radical (unpaired) electrons. The van der Waals surface area contributed by atoms with Crippen LogP contribution in [0.2, 0.25) is 10.0 Å². The monoisotopic (exact) mass is 418 g/mol. The summed E-state index contributed by atoms with van der Waals surface area (Å²) < 4.78 is 16.3. The van der Waals surface area contributed by atoms with Gasteiger partial charge < -0.3 is 13.9 Å². The standard InChI is InChI=1S/C22H20Cl2O4/c1-14(2)15-6-8-16(9-7-15)26-13-21(25)27-12-17-10-11-20(28-17)18-4-3-5-19(23)22(18)24/h3-11,14H,12-13H2,1-2H3. The first kappa shape index (κ1) is 20.3. The lowest BCUT2D eigenvalue weighted by molar-refractivity contribution is -0.147. The zero-order chi connectivity index (χ0) is 20.1. The van der Waals surface area contributed by atoms with Crippen LogP contribution in [0.15, 0.2) is 59.0 Å². The molecule has 146 valence electrons. The van der Waals surface area contributed by atoms with Gasteiger partial charge in [-0.3, -0.25) is 0 Å². The van der Waals surface area contributed by atoms with Gasteiger partial charge in [-0.2, -0.15) is 0 Å². The highest BCUT2D eigenvalue weighted by molar-refractivity contribution is 6.43. The Morgan fingerprint density at radius 3 is 2.50 bits per heavy atom. The average Bonchev–Trinajstić information content (AvgIpc) is 3.16. The molecule has 4 nitrogen and oxygen atoms in total. The van der Waals surface area contributed by atoms with Crippen molar-refractivity contribution in [1.29, 1.82) is 0 Å². The molecule has 6 heteroatoms. The molecule has 1 aromatic heterocycles. The van der Waals surface area contributed by atoms with E-state index in [9.17, 15) is 4.79 Å². The summed E-state index contributed by atoms with van der Waals surface area (Å²) in [5, 5.41) is 0.862. The first-order chi connectivity index (χ1) is 13.4. The van der Waals surface area contributed by atoms with Gasteiger partial charge in [0.05, 0.1) is 10.0 Å². The Balaban J connectivity index is 1.51. The van der Waals surface area contributed by atoms with E-state index in [1.807, 2.05) is 24.3 Å². The zero-order valence-electron chi connectivity index (χ0n) is 15.6. The molecule has 0 saturated heterocycles. The van der Waals surface area contributed by atoms with E-state index in [2.05, 4.69) is 13.8 Å². The third kappa shape index (κ3) is 5.09. The number of benzene rings is 2. The fourth-order valence-corrected chi connectivity index (χ4v) is 2.97. The van der Waals surface area contributed by atoms with Gasteiger partial charge >= 0.3 is 5.97 Å². The predicted molar refractivity (Wildman–Crippen MR) is 110 cm³/mol. The van der Waals surface area contributed by atoms with Crippen molar-refractivity contribution in [2.75, 3.05) is 6.61 Å². The number of hydrogen-bond donors (Lipinski definition) is 0. The molecule has 0 aliphatic rings. The molecule has 28 heavy (non-hydrogen) atoms. The van der Waals surface area contributed by atoms with Crippen LogP contribution in [-0.2, 0) is 16.1 Å². The van der Waals surface area contributed by atoms with Gasteiger partial charge in [0, 0.05) is 5.56 Å². The van der Waals surface area contributed by atoms with Crippen molar-refractivity contribution in [1.82, 2.24) is 0 Å². The van der Waals surface area contributed by atoms with E-state index in [0.717, 1.165) is 0 Å². The summed E-state index contributed by atoms with van der Waals surface area (Å²) in [5.74, 6) is 1.64. The molecule has 0 atom stereocenters. The van der Waals surface area contributed by atoms with Gasteiger partial charge in [-0.05, 0) is 47.9 Å². The molecular formula is C22H20Cl2O4. The van der Waals surface area contributed by atoms with Crippen molar-refractivity contribution in [3.63, 3.8) is 0 Å². The molecule has 0 aliphatic heterocycles. The Morgan fingerprint density at radius 2 is 1.79 bits per heavy atom. The molecule has 0 N–H and O–H groups in total. The number of carbonyl (C=O) groups is 1. The fraction of sp³-hybridized carbons (Fsp3) is 0.227. The highest BCUT2D eigenvalue weighted by atomic mass is 35.5. The van der Waals surface area contributed by atoms with Gasteiger partial charge in [0.1, 0.15) is 23.9 Å². The fourth-order valence-electron chi connectivity index (χ4n) is 2.58. The van der Waals surface area contributed by atoms with Gasteiger partial charge in [-0.1, -0.05) is 55.2 Å². The molecule has 0 bridgehead atoms. The normalized spacial score (nSPS) is 10.9. The molecule has 0 saturated carbocycles. The Bertz CT molecular complexity index is 945. The molecule has 1 heterocycles. The summed E-state index contributed by atoms with van der Waals surface area (Å²) in [6.07, 6.45) is 0. The van der Waals surface area contributed by atoms with Crippen LogP contribution in [0.5, 0.6) is 5.75 Å². The molecule has 0 aliphatic carbocycles. The Hall–Kier alpha value is -2.43. The van der Waals surface area contributed by atoms with Gasteiger partial charge in [-0.25, -0.2) is 4.79 Å². The molecule has 2 aromatic carbocycles. The maximum Gasteiger partial charge on any atom is 0.344 e. The summed E-state index contributed by atoms with van der Waals surface area (Å²) in [5.41, 5.74) is 1.89. The van der Waals surface area contributed by atoms with Crippen molar-refractivity contribution >= 4 is 29.2 Å². The minimum Gasteiger partial charge on any atom is -0.482 e. The van der Waals surface area contributed by atoms with E-state index in [1.165, 1.54) is 5.56 Å². The Kier molecular flexibility index (Phi) is 6.65. The predicted octanol–water partition coefficient (Wildman–Crippen LogP) is 6.50. The highest BCUT2D eigenvalue weighted by Crippen LogP contribution is 2.34. The largest absolute Gasteiger partial charge is 0.482 e. The van der Waals surface area contributed by atoms with Crippen molar-refractivity contribution < 1.29 is 18.7 Å². The number of hydrogen-bond acceptors (Lipinski definition) is 4. The van der Waals surface area contributed by atoms with Crippen LogP contribution in [-0.4, -0.2) is 12.6 Å². The summed E-state index contributed by atoms with van der Waals surface area (Å²) in [6, 6.07) is 16.4. The minimum absolute atomic E-state index is 0.00661. The quantitative estimate of drug-likeness (QED) is 0.410. The van der Waals surface area contributed by atoms with Gasteiger partial charge in [-0.15, -0.1) is 0 Å². The van der Waals surface area contributed by atoms with E-state index in [4.69, 9.17) is 37.1 Å². The zero-order valence-corrected chi connectivity index (χ0v) is 17.1. The van der Waals surface area contributed by atoms with Crippen LogP contribution < -0.4 is 4.74 Å². The molecular weight excluding hydrogens is 399 g/mol. The number of esters is 1. The van der Waals surface area contributed by atoms with E-state index in [1.54, 1.807) is 30.3 Å². The van der Waals surface area contributed by atoms with Crippen molar-refractivity contribution in [3.8, 4) is 17.1 Å². The molecule has 0 spiro atoms. The SMILES string of the molecule is CC(C)c1ccc(OCC(=O)OCc2ccc(-c3cccc(Cl)c3Cl)o2)cc1. The van der Waals surface area contributed by atoms with Crippen LogP contribution in [0.1, 0.15) is 31.1 Å². The summed E-state index contributed by atoms with van der Waals surface area (Å²) in [7, 11) is 0. The lowest BCUT2D eigenvalue weighted by Gasteiger charge is -2.08. The number of rotatable bonds is 7. The third-order valence-corrected chi connectivity index (χ3v) is 4.98. The summed E-state index contributed by atoms with van der Waals surface area (Å²) in [4.78, 5) is 11.9. The van der Waals surface area contributed by atoms with Gasteiger partial charge in [0.25, 0.3) is 0 Å². The summed E-state index contributed by atoms with van der Waals surface area (Å²) >= 11 is 12.2. The molecule has 0 unspecified atom stereocenters. The Labute approximate surface area is 174 Å². The summed E-state index contributed by atoms with van der Waals surface area (Å²) in [6.45, 7) is 4.07. The second kappa shape index (κ2) is 9.18. The molecule has 0 fully saturated rings. The Morgan fingerprint density at radius 1 is 1.04 bits per heavy atom. The average molecular weight is 419 g/mol. The van der Waals surface area contributed by atoms with Crippen LogP contribution in [0, 0.1) is 0 Å². The topological polar surface area (TPSA) is 48.7 Å². The maximum absolute atomic E-state index is 11.9. The van der Waals surface area contributed by atoms with E-state index in [0.29, 0.717) is 38.8 Å². The van der Waals surface area contributed by atoms with Gasteiger partial charge in [0.2, 0.25) is 0 Å². The number of ether oxygens (including phenoxy) is 2. The minimum atomic E-state index is -0.480. The lowest BCUT2D eigenvalue weighted by Crippen LogP contribution is -2.14.